The fourth-order valence-corrected chi connectivity index (χ4v) is 6.83. The van der Waals surface area contributed by atoms with Gasteiger partial charge in [0.25, 0.3) is 0 Å². The molecule has 5 rings (SSSR count). The van der Waals surface area contributed by atoms with Crippen molar-refractivity contribution in [1.82, 2.24) is 10.6 Å². The number of carbonyl (C=O) groups is 2. The van der Waals surface area contributed by atoms with Crippen LogP contribution in [-0.4, -0.2) is 41.2 Å². The molecule has 0 unspecified atom stereocenters. The van der Waals surface area contributed by atoms with Gasteiger partial charge in [-0.2, -0.15) is 0 Å². The molecular formula is C29H35ClFN3O3. The molecule has 1 aliphatic carbocycles. The van der Waals surface area contributed by atoms with E-state index >= 15 is 0 Å². The van der Waals surface area contributed by atoms with Crippen LogP contribution in [0.25, 0.3) is 0 Å². The van der Waals surface area contributed by atoms with Gasteiger partial charge in [-0.15, -0.1) is 0 Å². The highest BCUT2D eigenvalue weighted by Crippen LogP contribution is 2.56. The summed E-state index contributed by atoms with van der Waals surface area (Å²) in [7, 11) is 0. The van der Waals surface area contributed by atoms with Crippen LogP contribution in [0.5, 0.6) is 0 Å². The second-order valence-electron chi connectivity index (χ2n) is 12.0. The lowest BCUT2D eigenvalue weighted by Gasteiger charge is -2.37. The van der Waals surface area contributed by atoms with Gasteiger partial charge in [0.2, 0.25) is 11.8 Å². The number of halogens is 2. The maximum absolute atomic E-state index is 14.2. The zero-order valence-electron chi connectivity index (χ0n) is 21.5. The molecule has 8 heteroatoms. The fraction of sp³-hybridized carbons (Fsp3) is 0.517. The lowest BCUT2D eigenvalue weighted by Crippen LogP contribution is -2.49. The fourth-order valence-electron chi connectivity index (χ4n) is 6.63. The molecular weight excluding hydrogens is 493 g/mol. The molecule has 2 aliphatic heterocycles. The monoisotopic (exact) mass is 527 g/mol. The molecule has 4 N–H and O–H groups in total. The molecule has 37 heavy (non-hydrogen) atoms. The first-order valence-electron chi connectivity index (χ1n) is 13.1. The van der Waals surface area contributed by atoms with E-state index in [1.165, 1.54) is 12.1 Å². The minimum atomic E-state index is -1.13. The number of rotatable bonds is 4. The summed E-state index contributed by atoms with van der Waals surface area (Å²) in [5.41, 5.74) is 0.633. The van der Waals surface area contributed by atoms with Crippen LogP contribution in [0.1, 0.15) is 69.9 Å². The zero-order valence-corrected chi connectivity index (χ0v) is 22.2. The third-order valence-electron chi connectivity index (χ3n) is 8.16. The maximum Gasteiger partial charge on any atom is 0.238 e. The van der Waals surface area contributed by atoms with Gasteiger partial charge < -0.3 is 21.1 Å². The van der Waals surface area contributed by atoms with Crippen molar-refractivity contribution in [2.75, 3.05) is 5.32 Å². The van der Waals surface area contributed by atoms with Crippen LogP contribution in [0, 0.1) is 11.2 Å². The molecule has 2 aromatic rings. The van der Waals surface area contributed by atoms with Gasteiger partial charge in [0, 0.05) is 28.7 Å². The summed E-state index contributed by atoms with van der Waals surface area (Å²) < 4.78 is 14.2. The first kappa shape index (κ1) is 26.1. The number of hydrogen-bond donors (Lipinski definition) is 4. The molecule has 2 aromatic carbocycles. The van der Waals surface area contributed by atoms with E-state index in [4.69, 9.17) is 11.6 Å². The number of aliphatic hydroxyl groups excluding tert-OH is 1. The van der Waals surface area contributed by atoms with E-state index in [0.29, 0.717) is 48.4 Å². The number of fused-ring (bicyclic) bond motifs is 2. The van der Waals surface area contributed by atoms with Crippen molar-refractivity contribution >= 4 is 29.1 Å². The van der Waals surface area contributed by atoms with Crippen molar-refractivity contribution in [2.24, 2.45) is 5.41 Å². The topological polar surface area (TPSA) is 90.5 Å². The van der Waals surface area contributed by atoms with Crippen LogP contribution in [-0.2, 0) is 15.0 Å². The number of benzene rings is 2. The van der Waals surface area contributed by atoms with Gasteiger partial charge in [0.15, 0.2) is 0 Å². The minimum absolute atomic E-state index is 0.0332. The molecule has 198 valence electrons. The quantitative estimate of drug-likeness (QED) is 0.466. The number of amides is 2. The van der Waals surface area contributed by atoms with Gasteiger partial charge in [0.1, 0.15) is 11.2 Å². The van der Waals surface area contributed by atoms with E-state index in [2.05, 4.69) is 36.7 Å². The van der Waals surface area contributed by atoms with Crippen molar-refractivity contribution in [1.29, 1.82) is 0 Å². The molecule has 6 nitrogen and oxygen atoms in total. The number of aliphatic hydroxyl groups is 1. The number of hydrogen-bond acceptors (Lipinski definition) is 4. The van der Waals surface area contributed by atoms with E-state index < -0.39 is 23.2 Å². The molecule has 1 saturated carbocycles. The average Bonchev–Trinajstić information content (AvgIpc) is 3.29. The van der Waals surface area contributed by atoms with E-state index in [0.717, 1.165) is 5.56 Å². The summed E-state index contributed by atoms with van der Waals surface area (Å²) in [4.78, 5) is 28.0. The summed E-state index contributed by atoms with van der Waals surface area (Å²) in [6.45, 7) is 6.32. The standard InChI is InChI=1S/C29H35ClFN3O3/c1-28(2,3)15-23-29(21-12-7-18(31)14-22(21)33-27(29)37)24(16-5-4-6-17(30)13-16)25(34-23)26(36)32-19-8-10-20(35)11-9-19/h4-7,12-14,19-20,23-25,34-35H,8-11,15H2,1-3H3,(H,32,36)(H,33,37)/t19?,20?,23-,24-,25+,29+/m0/s1. The average molecular weight is 528 g/mol. The number of nitrogens with one attached hydrogen (secondary N) is 3. The molecule has 1 saturated heterocycles. The van der Waals surface area contributed by atoms with Crippen LogP contribution in [0.2, 0.25) is 5.02 Å². The Balaban J connectivity index is 1.64. The Morgan fingerprint density at radius 2 is 1.89 bits per heavy atom. The Morgan fingerprint density at radius 1 is 1.16 bits per heavy atom. The minimum Gasteiger partial charge on any atom is -0.393 e. The Kier molecular flexibility index (Phi) is 6.84. The predicted molar refractivity (Wildman–Crippen MR) is 142 cm³/mol. The maximum atomic E-state index is 14.2. The summed E-state index contributed by atoms with van der Waals surface area (Å²) >= 11 is 6.42. The first-order valence-corrected chi connectivity index (χ1v) is 13.5. The highest BCUT2D eigenvalue weighted by molar-refractivity contribution is 6.30. The summed E-state index contributed by atoms with van der Waals surface area (Å²) in [6, 6.07) is 10.6. The molecule has 0 aromatic heterocycles. The van der Waals surface area contributed by atoms with Crippen molar-refractivity contribution in [3.8, 4) is 0 Å². The lowest BCUT2D eigenvalue weighted by molar-refractivity contribution is -0.124. The summed E-state index contributed by atoms with van der Waals surface area (Å²) in [5, 5.41) is 20.1. The van der Waals surface area contributed by atoms with Gasteiger partial charge in [0.05, 0.1) is 12.1 Å². The molecule has 2 fully saturated rings. The Morgan fingerprint density at radius 3 is 2.57 bits per heavy atom. The largest absolute Gasteiger partial charge is 0.393 e. The van der Waals surface area contributed by atoms with E-state index in [-0.39, 0.29) is 35.4 Å². The summed E-state index contributed by atoms with van der Waals surface area (Å²) in [6.07, 6.45) is 3.02. The van der Waals surface area contributed by atoms with E-state index in [1.54, 1.807) is 12.1 Å². The van der Waals surface area contributed by atoms with Crippen molar-refractivity contribution in [2.45, 2.75) is 88.4 Å². The second-order valence-corrected chi connectivity index (χ2v) is 12.5. The van der Waals surface area contributed by atoms with Gasteiger partial charge in [-0.3, -0.25) is 9.59 Å². The van der Waals surface area contributed by atoms with Gasteiger partial charge in [-0.25, -0.2) is 4.39 Å². The SMILES string of the molecule is CC(C)(C)C[C@@H]1N[C@@H](C(=O)NC2CCC(O)CC2)[C@H](c2cccc(Cl)c2)[C@]12C(=O)Nc1cc(F)ccc12. The molecule has 2 heterocycles. The molecule has 2 amide bonds. The predicted octanol–water partition coefficient (Wildman–Crippen LogP) is 4.65. The Labute approximate surface area is 222 Å². The van der Waals surface area contributed by atoms with E-state index in [9.17, 15) is 19.1 Å². The van der Waals surface area contributed by atoms with E-state index in [1.807, 2.05) is 18.2 Å². The highest BCUT2D eigenvalue weighted by atomic mass is 35.5. The Hall–Kier alpha value is -2.48. The normalized spacial score (nSPS) is 31.3. The smallest absolute Gasteiger partial charge is 0.238 e. The van der Waals surface area contributed by atoms with Crippen LogP contribution < -0.4 is 16.0 Å². The molecule has 0 bridgehead atoms. The van der Waals surface area contributed by atoms with Crippen LogP contribution >= 0.6 is 11.6 Å². The molecule has 0 radical (unpaired) electrons. The third-order valence-corrected chi connectivity index (χ3v) is 8.39. The molecule has 1 spiro atoms. The lowest BCUT2D eigenvalue weighted by atomic mass is 9.62. The Bertz CT molecular complexity index is 1210. The van der Waals surface area contributed by atoms with Crippen molar-refractivity contribution in [3.05, 3.63) is 64.4 Å². The van der Waals surface area contributed by atoms with Gasteiger partial charge >= 0.3 is 0 Å². The first-order chi connectivity index (χ1) is 17.5. The molecule has 3 aliphatic rings. The zero-order chi connectivity index (χ0) is 26.5. The second kappa shape index (κ2) is 9.68. The highest BCUT2D eigenvalue weighted by Gasteiger charge is 2.65. The summed E-state index contributed by atoms with van der Waals surface area (Å²) in [5.74, 6) is -1.41. The van der Waals surface area contributed by atoms with Gasteiger partial charge in [-0.05, 0) is 72.9 Å². The van der Waals surface area contributed by atoms with Crippen LogP contribution in [0.15, 0.2) is 42.5 Å². The number of anilines is 1. The van der Waals surface area contributed by atoms with Crippen LogP contribution in [0.4, 0.5) is 10.1 Å². The van der Waals surface area contributed by atoms with Gasteiger partial charge in [-0.1, -0.05) is 50.6 Å². The van der Waals surface area contributed by atoms with Crippen molar-refractivity contribution < 1.29 is 19.1 Å². The molecule has 4 atom stereocenters. The van der Waals surface area contributed by atoms with Crippen LogP contribution in [0.3, 0.4) is 0 Å². The number of carbonyl (C=O) groups excluding carboxylic acids is 2. The third kappa shape index (κ3) is 4.77. The van der Waals surface area contributed by atoms with Crippen molar-refractivity contribution in [3.63, 3.8) is 0 Å².